The van der Waals surface area contributed by atoms with Gasteiger partial charge >= 0.3 is 0 Å². The van der Waals surface area contributed by atoms with Crippen molar-refractivity contribution in [2.45, 2.75) is 32.2 Å². The van der Waals surface area contributed by atoms with Crippen LogP contribution < -0.4 is 5.73 Å². The third kappa shape index (κ3) is 3.49. The predicted octanol–water partition coefficient (Wildman–Crippen LogP) is 3.41. The van der Waals surface area contributed by atoms with Crippen LogP contribution in [0.25, 0.3) is 0 Å². The maximum atomic E-state index is 5.85. The van der Waals surface area contributed by atoms with Gasteiger partial charge in [-0.2, -0.15) is 0 Å². The lowest BCUT2D eigenvalue weighted by atomic mass is 10.2. The zero-order valence-electron chi connectivity index (χ0n) is 9.58. The fourth-order valence-electron chi connectivity index (χ4n) is 2.32. The molecule has 1 aromatic carbocycles. The number of nitrogens with zero attached hydrogens (tertiary/aromatic N) is 1. The van der Waals surface area contributed by atoms with E-state index in [9.17, 15) is 0 Å². The molecule has 0 unspecified atom stereocenters. The van der Waals surface area contributed by atoms with Gasteiger partial charge in [0.25, 0.3) is 0 Å². The topological polar surface area (TPSA) is 29.3 Å². The van der Waals surface area contributed by atoms with E-state index in [0.717, 1.165) is 16.7 Å². The minimum absolute atomic E-state index is 0.846. The summed E-state index contributed by atoms with van der Waals surface area (Å²) in [5.41, 5.74) is 8.01. The van der Waals surface area contributed by atoms with E-state index in [1.807, 2.05) is 6.07 Å². The van der Waals surface area contributed by atoms with Crippen molar-refractivity contribution in [3.63, 3.8) is 0 Å². The molecule has 88 valence electrons. The monoisotopic (exact) mass is 282 g/mol. The predicted molar refractivity (Wildman–Crippen MR) is 72.3 cm³/mol. The van der Waals surface area contributed by atoms with Gasteiger partial charge in [-0.15, -0.1) is 0 Å². The molecule has 0 amide bonds. The Balaban J connectivity index is 2.01. The van der Waals surface area contributed by atoms with E-state index in [2.05, 4.69) is 33.0 Å². The summed E-state index contributed by atoms with van der Waals surface area (Å²) in [6, 6.07) is 6.20. The quantitative estimate of drug-likeness (QED) is 0.843. The fraction of sp³-hybridized carbons (Fsp3) is 0.538. The summed E-state index contributed by atoms with van der Waals surface area (Å²) in [4.78, 5) is 2.54. The largest absolute Gasteiger partial charge is 0.399 e. The van der Waals surface area contributed by atoms with Gasteiger partial charge in [0.1, 0.15) is 0 Å². The van der Waals surface area contributed by atoms with Crippen molar-refractivity contribution in [2.24, 2.45) is 0 Å². The summed E-state index contributed by atoms with van der Waals surface area (Å²) in [7, 11) is 0. The average molecular weight is 283 g/mol. The Bertz CT molecular complexity index is 324. The van der Waals surface area contributed by atoms with Gasteiger partial charge in [-0.05, 0) is 49.7 Å². The van der Waals surface area contributed by atoms with Gasteiger partial charge in [-0.25, -0.2) is 0 Å². The molecule has 1 aliphatic rings. The fourth-order valence-corrected chi connectivity index (χ4v) is 2.88. The second-order valence-corrected chi connectivity index (χ2v) is 5.50. The maximum Gasteiger partial charge on any atom is 0.0328 e. The number of nitrogen functional groups attached to an aromatic ring is 1. The van der Waals surface area contributed by atoms with E-state index < -0.39 is 0 Å². The second kappa shape index (κ2) is 5.69. The van der Waals surface area contributed by atoms with Gasteiger partial charge in [0.2, 0.25) is 0 Å². The molecule has 16 heavy (non-hydrogen) atoms. The van der Waals surface area contributed by atoms with E-state index in [0.29, 0.717) is 0 Å². The first-order valence-electron chi connectivity index (χ1n) is 6.01. The van der Waals surface area contributed by atoms with Crippen LogP contribution in [-0.4, -0.2) is 18.0 Å². The normalized spacial score (nSPS) is 18.3. The molecule has 2 N–H and O–H groups in total. The third-order valence-electron chi connectivity index (χ3n) is 3.08. The third-order valence-corrected chi connectivity index (χ3v) is 3.54. The Morgan fingerprint density at radius 1 is 1.06 bits per heavy atom. The summed E-state index contributed by atoms with van der Waals surface area (Å²) in [5.74, 6) is 0. The molecular weight excluding hydrogens is 264 g/mol. The van der Waals surface area contributed by atoms with Crippen LogP contribution in [0.3, 0.4) is 0 Å². The van der Waals surface area contributed by atoms with Gasteiger partial charge < -0.3 is 5.73 Å². The molecule has 1 aromatic rings. The SMILES string of the molecule is Nc1cc(Br)cc(CN2CCCCCC2)c1. The molecule has 0 aromatic heterocycles. The zero-order chi connectivity index (χ0) is 11.4. The van der Waals surface area contributed by atoms with Gasteiger partial charge in [-0.1, -0.05) is 28.8 Å². The molecule has 0 atom stereocenters. The molecule has 2 rings (SSSR count). The molecule has 1 saturated heterocycles. The lowest BCUT2D eigenvalue weighted by Gasteiger charge is -2.20. The highest BCUT2D eigenvalue weighted by Gasteiger charge is 2.09. The molecule has 0 radical (unpaired) electrons. The first-order valence-corrected chi connectivity index (χ1v) is 6.80. The number of hydrogen-bond donors (Lipinski definition) is 1. The number of nitrogens with two attached hydrogens (primary N) is 1. The smallest absolute Gasteiger partial charge is 0.0328 e. The summed E-state index contributed by atoms with van der Waals surface area (Å²) >= 11 is 3.49. The highest BCUT2D eigenvalue weighted by molar-refractivity contribution is 9.10. The van der Waals surface area contributed by atoms with Gasteiger partial charge in [0, 0.05) is 16.7 Å². The van der Waals surface area contributed by atoms with Crippen LogP contribution in [0.15, 0.2) is 22.7 Å². The number of benzene rings is 1. The van der Waals surface area contributed by atoms with E-state index in [-0.39, 0.29) is 0 Å². The van der Waals surface area contributed by atoms with Crippen molar-refractivity contribution in [2.75, 3.05) is 18.8 Å². The first-order chi connectivity index (χ1) is 7.74. The molecule has 3 heteroatoms. The minimum Gasteiger partial charge on any atom is -0.399 e. The minimum atomic E-state index is 0.846. The lowest BCUT2D eigenvalue weighted by Crippen LogP contribution is -2.23. The average Bonchev–Trinajstić information content (AvgIpc) is 2.44. The Labute approximate surface area is 106 Å². The van der Waals surface area contributed by atoms with Crippen molar-refractivity contribution in [3.8, 4) is 0 Å². The van der Waals surface area contributed by atoms with Crippen molar-refractivity contribution in [3.05, 3.63) is 28.2 Å². The van der Waals surface area contributed by atoms with Crippen LogP contribution in [0.5, 0.6) is 0 Å². The van der Waals surface area contributed by atoms with Crippen LogP contribution in [0.2, 0.25) is 0 Å². The van der Waals surface area contributed by atoms with Crippen molar-refractivity contribution >= 4 is 21.6 Å². The molecule has 2 nitrogen and oxygen atoms in total. The van der Waals surface area contributed by atoms with Gasteiger partial charge in [0.05, 0.1) is 0 Å². The molecule has 1 fully saturated rings. The molecule has 1 aliphatic heterocycles. The van der Waals surface area contributed by atoms with Crippen molar-refractivity contribution < 1.29 is 0 Å². The molecule has 1 heterocycles. The Kier molecular flexibility index (Phi) is 4.24. The lowest BCUT2D eigenvalue weighted by molar-refractivity contribution is 0.277. The van der Waals surface area contributed by atoms with Gasteiger partial charge in [0.15, 0.2) is 0 Å². The number of halogens is 1. The van der Waals surface area contributed by atoms with Crippen LogP contribution in [0.4, 0.5) is 5.69 Å². The van der Waals surface area contributed by atoms with Crippen molar-refractivity contribution in [1.29, 1.82) is 0 Å². The molecule has 0 spiro atoms. The van der Waals surface area contributed by atoms with E-state index in [1.54, 1.807) is 0 Å². The van der Waals surface area contributed by atoms with Crippen molar-refractivity contribution in [1.82, 2.24) is 4.90 Å². The summed E-state index contributed by atoms with van der Waals surface area (Å²) in [6.07, 6.45) is 5.45. The molecule has 0 bridgehead atoms. The number of likely N-dealkylation sites (tertiary alicyclic amines) is 1. The number of anilines is 1. The van der Waals surface area contributed by atoms with Crippen LogP contribution in [0, 0.1) is 0 Å². The Morgan fingerprint density at radius 3 is 2.38 bits per heavy atom. The molecular formula is C13H19BrN2. The van der Waals surface area contributed by atoms with E-state index in [4.69, 9.17) is 5.73 Å². The number of rotatable bonds is 2. The summed E-state index contributed by atoms with van der Waals surface area (Å²) in [5, 5.41) is 0. The first kappa shape index (κ1) is 11.9. The summed E-state index contributed by atoms with van der Waals surface area (Å²) in [6.45, 7) is 3.49. The maximum absolute atomic E-state index is 5.85. The Morgan fingerprint density at radius 2 is 1.75 bits per heavy atom. The number of hydrogen-bond acceptors (Lipinski definition) is 2. The van der Waals surface area contributed by atoms with Crippen LogP contribution in [0.1, 0.15) is 31.2 Å². The molecule has 0 aliphatic carbocycles. The second-order valence-electron chi connectivity index (χ2n) is 4.58. The Hall–Kier alpha value is -0.540. The van der Waals surface area contributed by atoms with E-state index in [1.165, 1.54) is 44.3 Å². The standard InChI is InChI=1S/C13H19BrN2/c14-12-7-11(8-13(15)9-12)10-16-5-3-1-2-4-6-16/h7-9H,1-6,10,15H2. The van der Waals surface area contributed by atoms with Crippen LogP contribution in [-0.2, 0) is 6.54 Å². The van der Waals surface area contributed by atoms with Gasteiger partial charge in [-0.3, -0.25) is 4.90 Å². The van der Waals surface area contributed by atoms with Crippen LogP contribution >= 0.6 is 15.9 Å². The zero-order valence-corrected chi connectivity index (χ0v) is 11.2. The highest BCUT2D eigenvalue weighted by atomic mass is 79.9. The highest BCUT2D eigenvalue weighted by Crippen LogP contribution is 2.20. The summed E-state index contributed by atoms with van der Waals surface area (Å²) < 4.78 is 1.08. The molecule has 0 saturated carbocycles. The van der Waals surface area contributed by atoms with E-state index >= 15 is 0 Å².